The third kappa shape index (κ3) is 5.44. The fourth-order valence-electron chi connectivity index (χ4n) is 1.60. The summed E-state index contributed by atoms with van der Waals surface area (Å²) in [5, 5.41) is 10.4. The summed E-state index contributed by atoms with van der Waals surface area (Å²) in [4.78, 5) is -0.0694. The van der Waals surface area contributed by atoms with Crippen molar-refractivity contribution < 1.29 is 23.0 Å². The highest BCUT2D eigenvalue weighted by molar-refractivity contribution is 7.89. The predicted octanol–water partition coefficient (Wildman–Crippen LogP) is 1.41. The van der Waals surface area contributed by atoms with Crippen molar-refractivity contribution in [2.45, 2.75) is 23.8 Å². The van der Waals surface area contributed by atoms with Crippen LogP contribution in [0.3, 0.4) is 0 Å². The first-order valence-electron chi connectivity index (χ1n) is 6.26. The SMILES string of the molecule is COCCC(C)(O)CNS(=O)(=O)c1cc(Cl)ccc1OC. The lowest BCUT2D eigenvalue weighted by molar-refractivity contribution is 0.0292. The minimum absolute atomic E-state index is 0.0694. The molecular weight excluding hydrogens is 318 g/mol. The van der Waals surface area contributed by atoms with Crippen LogP contribution in [0.1, 0.15) is 13.3 Å². The van der Waals surface area contributed by atoms with E-state index in [2.05, 4.69) is 4.72 Å². The standard InChI is InChI=1S/C13H20ClNO5S/c1-13(16,6-7-19-2)9-15-21(17,18)12-8-10(14)4-5-11(12)20-3/h4-5,8,15-16H,6-7,9H2,1-3H3. The zero-order chi connectivity index (χ0) is 16.1. The van der Waals surface area contributed by atoms with Gasteiger partial charge in [-0.25, -0.2) is 13.1 Å². The van der Waals surface area contributed by atoms with Crippen LogP contribution in [0.25, 0.3) is 0 Å². The van der Waals surface area contributed by atoms with Crippen molar-refractivity contribution in [3.8, 4) is 5.75 Å². The molecule has 1 unspecified atom stereocenters. The first kappa shape index (κ1) is 18.2. The molecule has 0 fully saturated rings. The summed E-state index contributed by atoms with van der Waals surface area (Å²) in [6.45, 7) is 1.72. The Bertz CT molecular complexity index is 574. The molecule has 8 heteroatoms. The fourth-order valence-corrected chi connectivity index (χ4v) is 3.19. The number of halogens is 1. The second-order valence-electron chi connectivity index (χ2n) is 4.86. The number of hydrogen-bond donors (Lipinski definition) is 2. The maximum Gasteiger partial charge on any atom is 0.244 e. The summed E-state index contributed by atoms with van der Waals surface area (Å²) in [6, 6.07) is 4.31. The lowest BCUT2D eigenvalue weighted by Gasteiger charge is -2.23. The van der Waals surface area contributed by atoms with Crippen LogP contribution in [0, 0.1) is 0 Å². The minimum atomic E-state index is -3.84. The van der Waals surface area contributed by atoms with Crippen LogP contribution >= 0.6 is 11.6 Å². The summed E-state index contributed by atoms with van der Waals surface area (Å²) < 4.78 is 36.8. The van der Waals surface area contributed by atoms with E-state index in [1.807, 2.05) is 0 Å². The van der Waals surface area contributed by atoms with Crippen molar-refractivity contribution >= 4 is 21.6 Å². The smallest absolute Gasteiger partial charge is 0.244 e. The molecule has 120 valence electrons. The summed E-state index contributed by atoms with van der Waals surface area (Å²) in [7, 11) is -0.961. The van der Waals surface area contributed by atoms with Gasteiger partial charge in [-0.15, -0.1) is 0 Å². The van der Waals surface area contributed by atoms with E-state index in [4.69, 9.17) is 21.1 Å². The highest BCUT2D eigenvalue weighted by Crippen LogP contribution is 2.27. The predicted molar refractivity (Wildman–Crippen MR) is 80.3 cm³/mol. The highest BCUT2D eigenvalue weighted by atomic mass is 35.5. The maximum atomic E-state index is 12.3. The zero-order valence-electron chi connectivity index (χ0n) is 12.2. The van der Waals surface area contributed by atoms with Gasteiger partial charge in [0, 0.05) is 31.7 Å². The Hall–Kier alpha value is -0.860. The number of methoxy groups -OCH3 is 2. The van der Waals surface area contributed by atoms with Crippen LogP contribution in [0.15, 0.2) is 23.1 Å². The van der Waals surface area contributed by atoms with E-state index in [0.717, 1.165) is 0 Å². The molecule has 1 atom stereocenters. The molecule has 0 aliphatic carbocycles. The molecule has 0 aliphatic rings. The molecule has 0 saturated carbocycles. The van der Waals surface area contributed by atoms with E-state index in [0.29, 0.717) is 13.0 Å². The Morgan fingerprint density at radius 2 is 2.05 bits per heavy atom. The van der Waals surface area contributed by atoms with Gasteiger partial charge in [-0.2, -0.15) is 0 Å². The van der Waals surface area contributed by atoms with Crippen LogP contribution in [-0.4, -0.2) is 46.5 Å². The molecule has 0 heterocycles. The largest absolute Gasteiger partial charge is 0.495 e. The lowest BCUT2D eigenvalue weighted by Crippen LogP contribution is -2.41. The van der Waals surface area contributed by atoms with Crippen LogP contribution in [-0.2, 0) is 14.8 Å². The summed E-state index contributed by atoms with van der Waals surface area (Å²) in [5.74, 6) is 0.184. The van der Waals surface area contributed by atoms with Gasteiger partial charge in [-0.1, -0.05) is 11.6 Å². The molecule has 1 rings (SSSR count). The van der Waals surface area contributed by atoms with Crippen molar-refractivity contribution in [1.29, 1.82) is 0 Å². The van der Waals surface area contributed by atoms with Gasteiger partial charge in [-0.05, 0) is 25.1 Å². The number of aliphatic hydroxyl groups is 1. The second-order valence-corrected chi connectivity index (χ2v) is 7.03. The quantitative estimate of drug-likeness (QED) is 0.749. The van der Waals surface area contributed by atoms with Gasteiger partial charge in [0.15, 0.2) is 0 Å². The lowest BCUT2D eigenvalue weighted by atomic mass is 10.0. The molecule has 0 bridgehead atoms. The first-order chi connectivity index (χ1) is 9.72. The van der Waals surface area contributed by atoms with Gasteiger partial charge < -0.3 is 14.6 Å². The van der Waals surface area contributed by atoms with E-state index >= 15 is 0 Å². The van der Waals surface area contributed by atoms with Gasteiger partial charge in [0.05, 0.1) is 12.7 Å². The van der Waals surface area contributed by atoms with E-state index in [-0.39, 0.29) is 22.2 Å². The van der Waals surface area contributed by atoms with Crippen molar-refractivity contribution in [2.75, 3.05) is 27.4 Å². The number of nitrogens with one attached hydrogen (secondary N) is 1. The number of ether oxygens (including phenoxy) is 2. The Balaban J connectivity index is 2.90. The number of sulfonamides is 1. The Kier molecular flexibility index (Phi) is 6.42. The van der Waals surface area contributed by atoms with E-state index in [9.17, 15) is 13.5 Å². The molecule has 0 aromatic heterocycles. The second kappa shape index (κ2) is 7.42. The number of rotatable bonds is 8. The molecule has 0 radical (unpaired) electrons. The first-order valence-corrected chi connectivity index (χ1v) is 8.12. The zero-order valence-corrected chi connectivity index (χ0v) is 13.8. The third-order valence-corrected chi connectivity index (χ3v) is 4.56. The molecule has 1 aromatic rings. The fraction of sp³-hybridized carbons (Fsp3) is 0.538. The molecule has 2 N–H and O–H groups in total. The average molecular weight is 338 g/mol. The topological polar surface area (TPSA) is 84.9 Å². The van der Waals surface area contributed by atoms with Gasteiger partial charge in [0.2, 0.25) is 10.0 Å². The van der Waals surface area contributed by atoms with Crippen molar-refractivity contribution in [3.63, 3.8) is 0 Å². The Morgan fingerprint density at radius 3 is 2.62 bits per heavy atom. The Morgan fingerprint density at radius 1 is 1.38 bits per heavy atom. The molecule has 21 heavy (non-hydrogen) atoms. The van der Waals surface area contributed by atoms with Gasteiger partial charge in [-0.3, -0.25) is 0 Å². The molecular formula is C13H20ClNO5S. The molecule has 0 saturated heterocycles. The van der Waals surface area contributed by atoms with Crippen molar-refractivity contribution in [3.05, 3.63) is 23.2 Å². The van der Waals surface area contributed by atoms with E-state index in [1.54, 1.807) is 0 Å². The maximum absolute atomic E-state index is 12.3. The van der Waals surface area contributed by atoms with Crippen LogP contribution in [0.4, 0.5) is 0 Å². The average Bonchev–Trinajstić information content (AvgIpc) is 2.43. The summed E-state index contributed by atoms with van der Waals surface area (Å²) in [6.07, 6.45) is 0.304. The summed E-state index contributed by atoms with van der Waals surface area (Å²) in [5.41, 5.74) is -1.21. The molecule has 6 nitrogen and oxygen atoms in total. The van der Waals surface area contributed by atoms with E-state index < -0.39 is 15.6 Å². The van der Waals surface area contributed by atoms with Gasteiger partial charge in [0.1, 0.15) is 10.6 Å². The van der Waals surface area contributed by atoms with Gasteiger partial charge >= 0.3 is 0 Å². The Labute approximate surface area is 130 Å². The number of benzene rings is 1. The van der Waals surface area contributed by atoms with Crippen LogP contribution < -0.4 is 9.46 Å². The molecule has 1 aromatic carbocycles. The van der Waals surface area contributed by atoms with Crippen LogP contribution in [0.5, 0.6) is 5.75 Å². The third-order valence-electron chi connectivity index (χ3n) is 2.90. The van der Waals surface area contributed by atoms with Crippen molar-refractivity contribution in [1.82, 2.24) is 4.72 Å². The highest BCUT2D eigenvalue weighted by Gasteiger charge is 2.26. The van der Waals surface area contributed by atoms with Crippen molar-refractivity contribution in [2.24, 2.45) is 0 Å². The number of hydrogen-bond acceptors (Lipinski definition) is 5. The molecule has 0 spiro atoms. The van der Waals surface area contributed by atoms with Crippen LogP contribution in [0.2, 0.25) is 5.02 Å². The molecule has 0 amide bonds. The monoisotopic (exact) mass is 337 g/mol. The van der Waals surface area contributed by atoms with E-state index in [1.165, 1.54) is 39.3 Å². The molecule has 0 aliphatic heterocycles. The summed E-state index contributed by atoms with van der Waals surface area (Å²) >= 11 is 5.82. The van der Waals surface area contributed by atoms with Gasteiger partial charge in [0.25, 0.3) is 0 Å². The minimum Gasteiger partial charge on any atom is -0.495 e. The normalized spacial score (nSPS) is 14.7.